The maximum atomic E-state index is 5.56. The predicted octanol–water partition coefficient (Wildman–Crippen LogP) is 1.21. The van der Waals surface area contributed by atoms with Crippen LogP contribution in [0, 0.1) is 0 Å². The van der Waals surface area contributed by atoms with Gasteiger partial charge < -0.3 is 5.73 Å². The highest BCUT2D eigenvalue weighted by atomic mass is 15.6. The lowest BCUT2D eigenvalue weighted by Crippen LogP contribution is -2.07. The number of aryl methyl sites for hydroxylation is 2. The molecule has 0 spiro atoms. The molecule has 0 aliphatic carbocycles. The number of hydrogen-bond acceptors (Lipinski definition) is 5. The molecule has 0 fully saturated rings. The lowest BCUT2D eigenvalue weighted by Gasteiger charge is -2.00. The number of benzene rings is 1. The third-order valence-corrected chi connectivity index (χ3v) is 2.89. The van der Waals surface area contributed by atoms with E-state index in [4.69, 9.17) is 5.73 Å². The lowest BCUT2D eigenvalue weighted by molar-refractivity contribution is 0.457. The van der Waals surface area contributed by atoms with Crippen molar-refractivity contribution < 1.29 is 0 Å². The van der Waals surface area contributed by atoms with Crippen LogP contribution >= 0.6 is 0 Å². The molecule has 3 aromatic rings. The highest BCUT2D eigenvalue weighted by Gasteiger charge is 2.04. The van der Waals surface area contributed by atoms with Crippen LogP contribution < -0.4 is 5.73 Å². The van der Waals surface area contributed by atoms with E-state index < -0.39 is 0 Å². The second-order valence-electron chi connectivity index (χ2n) is 4.43. The summed E-state index contributed by atoms with van der Waals surface area (Å²) < 4.78 is 1.81. The van der Waals surface area contributed by atoms with E-state index in [0.29, 0.717) is 18.2 Å². The number of aromatic nitrogens is 6. The van der Waals surface area contributed by atoms with Gasteiger partial charge in [-0.3, -0.25) is 4.68 Å². The minimum absolute atomic E-state index is 0.537. The van der Waals surface area contributed by atoms with Crippen molar-refractivity contribution in [1.29, 1.82) is 0 Å². The van der Waals surface area contributed by atoms with Crippen LogP contribution in [-0.2, 0) is 13.1 Å². The van der Waals surface area contributed by atoms with E-state index in [2.05, 4.69) is 20.5 Å². The van der Waals surface area contributed by atoms with Gasteiger partial charge in [0.05, 0.1) is 6.54 Å². The van der Waals surface area contributed by atoms with Gasteiger partial charge in [0.1, 0.15) is 5.82 Å². The second kappa shape index (κ2) is 5.52. The van der Waals surface area contributed by atoms with E-state index in [-0.39, 0.29) is 0 Å². The first-order valence-corrected chi connectivity index (χ1v) is 6.43. The van der Waals surface area contributed by atoms with E-state index in [0.717, 1.165) is 18.5 Å². The molecule has 7 heteroatoms. The van der Waals surface area contributed by atoms with E-state index >= 15 is 0 Å². The fourth-order valence-corrected chi connectivity index (χ4v) is 1.92. The summed E-state index contributed by atoms with van der Waals surface area (Å²) >= 11 is 0. The van der Waals surface area contributed by atoms with Crippen LogP contribution in [0.3, 0.4) is 0 Å². The van der Waals surface area contributed by atoms with E-state index in [1.54, 1.807) is 10.9 Å². The van der Waals surface area contributed by atoms with Gasteiger partial charge in [-0.15, -0.1) is 10.2 Å². The van der Waals surface area contributed by atoms with Crippen LogP contribution in [0.5, 0.6) is 0 Å². The number of nitrogens with two attached hydrogens (primary N) is 1. The molecule has 0 saturated carbocycles. The Kier molecular flexibility index (Phi) is 3.40. The van der Waals surface area contributed by atoms with E-state index in [9.17, 15) is 0 Å². The van der Waals surface area contributed by atoms with Gasteiger partial charge in [0.15, 0.2) is 0 Å². The first-order valence-electron chi connectivity index (χ1n) is 6.43. The number of rotatable bonds is 5. The van der Waals surface area contributed by atoms with Crippen molar-refractivity contribution in [1.82, 2.24) is 30.0 Å². The summed E-state index contributed by atoms with van der Waals surface area (Å²) in [6.07, 6.45) is 2.73. The van der Waals surface area contributed by atoms with Gasteiger partial charge >= 0.3 is 0 Å². The van der Waals surface area contributed by atoms with Crippen molar-refractivity contribution in [2.75, 3.05) is 5.73 Å². The number of nitrogens with zero attached hydrogens (tertiary/aromatic N) is 6. The van der Waals surface area contributed by atoms with Crippen LogP contribution in [-0.4, -0.2) is 30.0 Å². The first-order chi connectivity index (χ1) is 9.81. The summed E-state index contributed by atoms with van der Waals surface area (Å²) in [4.78, 5) is 1.61. The minimum atomic E-state index is 0.537. The molecular formula is C13H15N7. The number of tetrazole rings is 1. The molecule has 7 nitrogen and oxygen atoms in total. The fraction of sp³-hybridized carbons (Fsp3) is 0.231. The Morgan fingerprint density at radius 3 is 2.60 bits per heavy atom. The summed E-state index contributed by atoms with van der Waals surface area (Å²) in [7, 11) is 0. The monoisotopic (exact) mass is 269 g/mol. The molecule has 3 rings (SSSR count). The van der Waals surface area contributed by atoms with Crippen LogP contribution in [0.4, 0.5) is 5.82 Å². The SMILES string of the molecule is Nc1ccn(CCCn2nnc(-c3ccccc3)n2)n1. The Morgan fingerprint density at radius 1 is 1.00 bits per heavy atom. The van der Waals surface area contributed by atoms with Gasteiger partial charge in [-0.1, -0.05) is 30.3 Å². The molecule has 0 atom stereocenters. The average molecular weight is 269 g/mol. The largest absolute Gasteiger partial charge is 0.382 e. The summed E-state index contributed by atoms with van der Waals surface area (Å²) in [5, 5.41) is 16.6. The van der Waals surface area contributed by atoms with Gasteiger partial charge in [0, 0.05) is 18.3 Å². The molecule has 0 unspecified atom stereocenters. The zero-order valence-electron chi connectivity index (χ0n) is 10.9. The first kappa shape index (κ1) is 12.3. The normalized spacial score (nSPS) is 10.8. The minimum Gasteiger partial charge on any atom is -0.382 e. The Labute approximate surface area is 116 Å². The van der Waals surface area contributed by atoms with Gasteiger partial charge in [-0.05, 0) is 17.7 Å². The molecule has 20 heavy (non-hydrogen) atoms. The van der Waals surface area contributed by atoms with Crippen molar-refractivity contribution in [2.45, 2.75) is 19.5 Å². The van der Waals surface area contributed by atoms with Gasteiger partial charge in [0.25, 0.3) is 0 Å². The zero-order chi connectivity index (χ0) is 13.8. The molecule has 102 valence electrons. The molecular weight excluding hydrogens is 254 g/mol. The lowest BCUT2D eigenvalue weighted by atomic mass is 10.2. The highest BCUT2D eigenvalue weighted by molar-refractivity contribution is 5.52. The maximum Gasteiger partial charge on any atom is 0.204 e. The molecule has 0 bridgehead atoms. The van der Waals surface area contributed by atoms with Crippen LogP contribution in [0.25, 0.3) is 11.4 Å². The second-order valence-corrected chi connectivity index (χ2v) is 4.43. The summed E-state index contributed by atoms with van der Waals surface area (Å²) in [5.41, 5.74) is 6.53. The summed E-state index contributed by atoms with van der Waals surface area (Å²) in [5.74, 6) is 1.18. The number of nitrogen functional groups attached to an aromatic ring is 1. The molecule has 1 aromatic carbocycles. The fourth-order valence-electron chi connectivity index (χ4n) is 1.92. The summed E-state index contributed by atoms with van der Waals surface area (Å²) in [6, 6.07) is 11.6. The Balaban J connectivity index is 1.58. The van der Waals surface area contributed by atoms with Crippen LogP contribution in [0.1, 0.15) is 6.42 Å². The third-order valence-electron chi connectivity index (χ3n) is 2.89. The molecule has 2 heterocycles. The molecule has 0 aliphatic heterocycles. The molecule has 0 saturated heterocycles. The number of hydrogen-bond donors (Lipinski definition) is 1. The molecule has 0 aliphatic rings. The molecule has 0 radical (unpaired) electrons. The highest BCUT2D eigenvalue weighted by Crippen LogP contribution is 2.11. The van der Waals surface area contributed by atoms with E-state index in [1.807, 2.05) is 41.2 Å². The number of anilines is 1. The Morgan fingerprint density at radius 2 is 1.85 bits per heavy atom. The summed E-state index contributed by atoms with van der Waals surface area (Å²) in [6.45, 7) is 1.47. The van der Waals surface area contributed by atoms with Crippen LogP contribution in [0.15, 0.2) is 42.6 Å². The third kappa shape index (κ3) is 2.82. The Bertz CT molecular complexity index is 671. The Hall–Kier alpha value is -2.70. The topological polar surface area (TPSA) is 87.4 Å². The van der Waals surface area contributed by atoms with Crippen molar-refractivity contribution >= 4 is 5.82 Å². The predicted molar refractivity (Wildman–Crippen MR) is 74.5 cm³/mol. The standard InChI is InChI=1S/C13H15N7/c14-12-7-10-19(16-12)8-4-9-20-17-13(15-18-20)11-5-2-1-3-6-11/h1-3,5-7,10H,4,8-9H2,(H2,14,16). The zero-order valence-corrected chi connectivity index (χ0v) is 10.9. The van der Waals surface area contributed by atoms with Gasteiger partial charge in [-0.2, -0.15) is 9.90 Å². The smallest absolute Gasteiger partial charge is 0.204 e. The quantitative estimate of drug-likeness (QED) is 0.752. The van der Waals surface area contributed by atoms with Gasteiger partial charge in [0.2, 0.25) is 5.82 Å². The van der Waals surface area contributed by atoms with Crippen molar-refractivity contribution in [3.05, 3.63) is 42.6 Å². The van der Waals surface area contributed by atoms with E-state index in [1.165, 1.54) is 0 Å². The molecule has 2 aromatic heterocycles. The van der Waals surface area contributed by atoms with Gasteiger partial charge in [-0.25, -0.2) is 0 Å². The van der Waals surface area contributed by atoms with Crippen molar-refractivity contribution in [3.8, 4) is 11.4 Å². The van der Waals surface area contributed by atoms with Crippen molar-refractivity contribution in [3.63, 3.8) is 0 Å². The molecule has 2 N–H and O–H groups in total. The van der Waals surface area contributed by atoms with Crippen LogP contribution in [0.2, 0.25) is 0 Å². The maximum absolute atomic E-state index is 5.56. The average Bonchev–Trinajstić information content (AvgIpc) is 3.09. The van der Waals surface area contributed by atoms with Crippen molar-refractivity contribution in [2.24, 2.45) is 0 Å². The molecule has 0 amide bonds.